The molecule has 5 heteroatoms. The number of nitrogens with zero attached hydrogens (tertiary/aromatic N) is 1. The highest BCUT2D eigenvalue weighted by Crippen LogP contribution is 2.41. The zero-order valence-corrected chi connectivity index (χ0v) is 15.4. The van der Waals surface area contributed by atoms with Crippen molar-refractivity contribution in [3.8, 4) is 0 Å². The van der Waals surface area contributed by atoms with E-state index in [0.29, 0.717) is 19.4 Å². The van der Waals surface area contributed by atoms with Crippen molar-refractivity contribution >= 4 is 6.09 Å². The molecule has 2 aliphatic rings. The summed E-state index contributed by atoms with van der Waals surface area (Å²) in [5, 5.41) is 11.2. The monoisotopic (exact) mass is 347 g/mol. The molecule has 1 aromatic rings. The molecule has 0 radical (unpaired) electrons. The Kier molecular flexibility index (Phi) is 5.07. The Morgan fingerprint density at radius 2 is 1.84 bits per heavy atom. The lowest BCUT2D eigenvalue weighted by atomic mass is 9.83. The van der Waals surface area contributed by atoms with Crippen molar-refractivity contribution in [3.63, 3.8) is 0 Å². The van der Waals surface area contributed by atoms with Crippen molar-refractivity contribution in [1.82, 2.24) is 4.90 Å². The first-order chi connectivity index (χ1) is 11.8. The number of amides is 1. The number of rotatable bonds is 2. The van der Waals surface area contributed by atoms with Crippen LogP contribution >= 0.6 is 0 Å². The number of hydrogen-bond acceptors (Lipinski definition) is 4. The summed E-state index contributed by atoms with van der Waals surface area (Å²) < 4.78 is 11.6. The van der Waals surface area contributed by atoms with Crippen LogP contribution in [0.5, 0.6) is 0 Å². The van der Waals surface area contributed by atoms with Gasteiger partial charge >= 0.3 is 6.09 Å². The first kappa shape index (κ1) is 18.2. The molecule has 3 rings (SSSR count). The molecule has 5 nitrogen and oxygen atoms in total. The minimum atomic E-state index is -1.00. The van der Waals surface area contributed by atoms with Gasteiger partial charge in [-0.15, -0.1) is 0 Å². The molecule has 1 aromatic carbocycles. The fraction of sp³-hybridized carbons (Fsp3) is 0.650. The predicted molar refractivity (Wildman–Crippen MR) is 95.0 cm³/mol. The van der Waals surface area contributed by atoms with Crippen LogP contribution in [0.2, 0.25) is 0 Å². The second-order valence-corrected chi connectivity index (χ2v) is 8.16. The van der Waals surface area contributed by atoms with Crippen molar-refractivity contribution < 1.29 is 19.4 Å². The Bertz CT molecular complexity index is 589. The van der Waals surface area contributed by atoms with Crippen molar-refractivity contribution in [3.05, 3.63) is 35.9 Å². The maximum atomic E-state index is 13.0. The first-order valence-corrected chi connectivity index (χ1v) is 9.20. The smallest absolute Gasteiger partial charge is 0.413 e. The van der Waals surface area contributed by atoms with E-state index in [9.17, 15) is 9.90 Å². The van der Waals surface area contributed by atoms with Gasteiger partial charge in [-0.05, 0) is 39.2 Å². The Hall–Kier alpha value is -1.59. The summed E-state index contributed by atoms with van der Waals surface area (Å²) in [6.07, 6.45) is 3.24. The molecule has 1 amide bonds. The van der Waals surface area contributed by atoms with Gasteiger partial charge in [0.1, 0.15) is 11.2 Å². The van der Waals surface area contributed by atoms with Gasteiger partial charge < -0.3 is 14.6 Å². The van der Waals surface area contributed by atoms with E-state index >= 15 is 0 Å². The van der Waals surface area contributed by atoms with E-state index < -0.39 is 23.5 Å². The highest BCUT2D eigenvalue weighted by atomic mass is 16.6. The van der Waals surface area contributed by atoms with Crippen molar-refractivity contribution in [1.29, 1.82) is 0 Å². The summed E-state index contributed by atoms with van der Waals surface area (Å²) in [6.45, 7) is 5.92. The maximum Gasteiger partial charge on any atom is 0.413 e. The standard InChI is InChI=1S/C20H29NO4/c1-19(2,3)25-18(22)21-16(15-10-6-4-7-11-15)14-24-17(21)20(23)12-8-5-9-13-20/h4,6-7,10-11,16-17,23H,5,8-9,12-14H2,1-3H3. The quantitative estimate of drug-likeness (QED) is 0.878. The van der Waals surface area contributed by atoms with Gasteiger partial charge in [-0.25, -0.2) is 4.79 Å². The molecule has 0 bridgehead atoms. The molecule has 1 aliphatic heterocycles. The van der Waals surface area contributed by atoms with Crippen LogP contribution in [0.15, 0.2) is 30.3 Å². The minimum Gasteiger partial charge on any atom is -0.444 e. The van der Waals surface area contributed by atoms with Gasteiger partial charge in [0.05, 0.1) is 12.6 Å². The number of ether oxygens (including phenoxy) is 2. The molecular weight excluding hydrogens is 318 g/mol. The molecule has 138 valence electrons. The first-order valence-electron chi connectivity index (χ1n) is 9.20. The zero-order chi connectivity index (χ0) is 18.1. The van der Waals surface area contributed by atoms with Crippen molar-refractivity contribution in [2.45, 2.75) is 76.3 Å². The highest BCUT2D eigenvalue weighted by Gasteiger charge is 2.51. The topological polar surface area (TPSA) is 59.0 Å². The molecular formula is C20H29NO4. The van der Waals surface area contributed by atoms with Crippen LogP contribution < -0.4 is 0 Å². The summed E-state index contributed by atoms with van der Waals surface area (Å²) in [5.74, 6) is 0. The summed E-state index contributed by atoms with van der Waals surface area (Å²) in [6, 6.07) is 9.57. The van der Waals surface area contributed by atoms with Crippen LogP contribution in [0.1, 0.15) is 64.5 Å². The van der Waals surface area contributed by atoms with Crippen LogP contribution in [0.4, 0.5) is 4.79 Å². The van der Waals surface area contributed by atoms with Crippen molar-refractivity contribution in [2.75, 3.05) is 6.61 Å². The molecule has 0 aromatic heterocycles. The van der Waals surface area contributed by atoms with Gasteiger partial charge in [0.25, 0.3) is 0 Å². The number of carbonyl (C=O) groups is 1. The Morgan fingerprint density at radius 3 is 2.44 bits per heavy atom. The van der Waals surface area contributed by atoms with Crippen LogP contribution in [0.3, 0.4) is 0 Å². The summed E-state index contributed by atoms with van der Waals surface area (Å²) in [5.41, 5.74) is -0.602. The maximum absolute atomic E-state index is 13.0. The van der Waals surface area contributed by atoms with Gasteiger partial charge in [-0.3, -0.25) is 4.90 Å². The molecule has 0 spiro atoms. The second-order valence-electron chi connectivity index (χ2n) is 8.16. The van der Waals surface area contributed by atoms with Gasteiger partial charge in [0.15, 0.2) is 6.23 Å². The Balaban J connectivity index is 1.91. The lowest BCUT2D eigenvalue weighted by molar-refractivity contribution is -0.148. The zero-order valence-electron chi connectivity index (χ0n) is 15.4. The lowest BCUT2D eigenvalue weighted by Gasteiger charge is -2.41. The molecule has 2 fully saturated rings. The van der Waals surface area contributed by atoms with Crippen molar-refractivity contribution in [2.24, 2.45) is 0 Å². The molecule has 1 N–H and O–H groups in total. The fourth-order valence-electron chi connectivity index (χ4n) is 3.80. The van der Waals surface area contributed by atoms with E-state index in [-0.39, 0.29) is 6.04 Å². The highest BCUT2D eigenvalue weighted by molar-refractivity contribution is 5.69. The van der Waals surface area contributed by atoms with E-state index in [0.717, 1.165) is 24.8 Å². The number of benzene rings is 1. The third-order valence-corrected chi connectivity index (χ3v) is 4.97. The molecule has 2 unspecified atom stereocenters. The summed E-state index contributed by atoms with van der Waals surface area (Å²) in [4.78, 5) is 14.6. The third-order valence-electron chi connectivity index (χ3n) is 4.97. The average molecular weight is 347 g/mol. The molecule has 1 saturated heterocycles. The average Bonchev–Trinajstić information content (AvgIpc) is 3.01. The van der Waals surface area contributed by atoms with Crippen LogP contribution in [-0.2, 0) is 9.47 Å². The van der Waals surface area contributed by atoms with Gasteiger partial charge in [-0.2, -0.15) is 0 Å². The molecule has 2 atom stereocenters. The van der Waals surface area contributed by atoms with Crippen LogP contribution in [0, 0.1) is 0 Å². The van der Waals surface area contributed by atoms with Gasteiger partial charge in [0, 0.05) is 0 Å². The Labute approximate surface area is 149 Å². The van der Waals surface area contributed by atoms with Crippen LogP contribution in [0.25, 0.3) is 0 Å². The second kappa shape index (κ2) is 6.96. The molecule has 1 heterocycles. The fourth-order valence-corrected chi connectivity index (χ4v) is 3.80. The van der Waals surface area contributed by atoms with Gasteiger partial charge in [-0.1, -0.05) is 49.6 Å². The van der Waals surface area contributed by atoms with E-state index in [2.05, 4.69) is 0 Å². The number of hydrogen-bond donors (Lipinski definition) is 1. The summed E-state index contributed by atoms with van der Waals surface area (Å²) >= 11 is 0. The summed E-state index contributed by atoms with van der Waals surface area (Å²) in [7, 11) is 0. The third kappa shape index (κ3) is 3.98. The SMILES string of the molecule is CC(C)(C)OC(=O)N1C(c2ccccc2)COC1C1(O)CCCCC1. The lowest BCUT2D eigenvalue weighted by Crippen LogP contribution is -2.54. The largest absolute Gasteiger partial charge is 0.444 e. The minimum absolute atomic E-state index is 0.244. The predicted octanol–water partition coefficient (Wildman–Crippen LogP) is 4.02. The van der Waals surface area contributed by atoms with E-state index in [1.165, 1.54) is 0 Å². The van der Waals surface area contributed by atoms with Crippen LogP contribution in [-0.4, -0.2) is 40.1 Å². The Morgan fingerprint density at radius 1 is 1.20 bits per heavy atom. The molecule has 1 aliphatic carbocycles. The molecule has 1 saturated carbocycles. The molecule has 25 heavy (non-hydrogen) atoms. The van der Waals surface area contributed by atoms with E-state index in [1.807, 2.05) is 51.1 Å². The van der Waals surface area contributed by atoms with E-state index in [1.54, 1.807) is 4.90 Å². The van der Waals surface area contributed by atoms with Gasteiger partial charge in [0.2, 0.25) is 0 Å². The van der Waals surface area contributed by atoms with E-state index in [4.69, 9.17) is 9.47 Å². The number of carbonyl (C=O) groups excluding carboxylic acids is 1. The number of aliphatic hydroxyl groups is 1. The normalized spacial score (nSPS) is 26.5.